The SMILES string of the molecule is C=C(C/C=C(\C)CC)c1ccc(Cl)c(C)c1.C=C(CC)C/C=C(\C)C(C)=O.CC.CC.CCCC(C)CCC. The van der Waals surface area contributed by atoms with Crippen molar-refractivity contribution in [2.45, 2.75) is 141 Å². The van der Waals surface area contributed by atoms with Crippen LogP contribution in [0.15, 0.2) is 60.2 Å². The van der Waals surface area contributed by atoms with Crippen molar-refractivity contribution < 1.29 is 4.79 Å². The maximum Gasteiger partial charge on any atom is 0.155 e. The molecule has 0 aliphatic carbocycles. The van der Waals surface area contributed by atoms with E-state index >= 15 is 0 Å². The summed E-state index contributed by atoms with van der Waals surface area (Å²) in [5.74, 6) is 1.11. The van der Waals surface area contributed by atoms with Crippen LogP contribution in [0.1, 0.15) is 146 Å². The maximum absolute atomic E-state index is 10.7. The second kappa shape index (κ2) is 30.7. The lowest BCUT2D eigenvalue weighted by molar-refractivity contribution is -0.113. The predicted octanol–water partition coefficient (Wildman–Crippen LogP) is 13.6. The molecule has 0 radical (unpaired) electrons. The molecule has 0 aliphatic rings. The summed E-state index contributed by atoms with van der Waals surface area (Å²) in [5, 5.41) is 0.817. The van der Waals surface area contributed by atoms with Crippen molar-refractivity contribution in [2.75, 3.05) is 0 Å². The molecule has 0 atom stereocenters. The number of benzene rings is 1. The van der Waals surface area contributed by atoms with Crippen molar-refractivity contribution in [3.63, 3.8) is 0 Å². The van der Waals surface area contributed by atoms with Crippen LogP contribution >= 0.6 is 11.6 Å². The van der Waals surface area contributed by atoms with Crippen LogP contribution in [0.5, 0.6) is 0 Å². The molecule has 1 rings (SSSR count). The van der Waals surface area contributed by atoms with Crippen molar-refractivity contribution in [3.05, 3.63) is 76.4 Å². The van der Waals surface area contributed by atoms with Crippen molar-refractivity contribution in [1.29, 1.82) is 0 Å². The van der Waals surface area contributed by atoms with Gasteiger partial charge in [0, 0.05) is 5.02 Å². The van der Waals surface area contributed by atoms with E-state index < -0.39 is 0 Å². The summed E-state index contributed by atoms with van der Waals surface area (Å²) >= 11 is 5.99. The zero-order valence-electron chi connectivity index (χ0n) is 28.3. The Labute approximate surface area is 250 Å². The van der Waals surface area contributed by atoms with Gasteiger partial charge in [-0.15, -0.1) is 0 Å². The minimum absolute atomic E-state index is 0.147. The Morgan fingerprint density at radius 3 is 1.77 bits per heavy atom. The fourth-order valence-electron chi connectivity index (χ4n) is 3.14. The highest BCUT2D eigenvalue weighted by atomic mass is 35.5. The molecule has 0 N–H and O–H groups in total. The topological polar surface area (TPSA) is 17.1 Å². The highest BCUT2D eigenvalue weighted by molar-refractivity contribution is 6.31. The first-order valence-electron chi connectivity index (χ1n) is 15.4. The number of hydrogen-bond acceptors (Lipinski definition) is 1. The van der Waals surface area contributed by atoms with Crippen LogP contribution in [0.4, 0.5) is 0 Å². The van der Waals surface area contributed by atoms with Gasteiger partial charge in [-0.3, -0.25) is 4.79 Å². The smallest absolute Gasteiger partial charge is 0.155 e. The Hall–Kier alpha value is -1.86. The number of Topliss-reactive ketones (excluding diaryl/α,β-unsaturated/α-hetero) is 1. The first-order chi connectivity index (χ1) is 18.4. The number of carbonyl (C=O) groups is 1. The third kappa shape index (κ3) is 27.5. The average Bonchev–Trinajstić information content (AvgIpc) is 2.94. The first kappa shape index (κ1) is 44.2. The van der Waals surface area contributed by atoms with E-state index in [-0.39, 0.29) is 5.78 Å². The largest absolute Gasteiger partial charge is 0.295 e. The van der Waals surface area contributed by atoms with Crippen LogP contribution in [-0.2, 0) is 4.79 Å². The average molecular weight is 561 g/mol. The van der Waals surface area contributed by atoms with Gasteiger partial charge in [0.2, 0.25) is 0 Å². The Morgan fingerprint density at radius 2 is 1.38 bits per heavy atom. The van der Waals surface area contributed by atoms with Gasteiger partial charge >= 0.3 is 0 Å². The Balaban J connectivity index is -0.000000233. The number of halogens is 1. The lowest BCUT2D eigenvalue weighted by Gasteiger charge is -2.06. The molecule has 0 heterocycles. The number of allylic oxidation sites excluding steroid dienone is 6. The van der Waals surface area contributed by atoms with Crippen molar-refractivity contribution in [2.24, 2.45) is 5.92 Å². The highest BCUT2D eigenvalue weighted by Crippen LogP contribution is 2.23. The molecule has 0 fully saturated rings. The normalized spacial score (nSPS) is 10.4. The van der Waals surface area contributed by atoms with Crippen LogP contribution in [-0.4, -0.2) is 5.78 Å². The lowest BCUT2D eigenvalue weighted by Crippen LogP contribution is -1.91. The minimum atomic E-state index is 0.147. The molecule has 39 heavy (non-hydrogen) atoms. The molecule has 0 aromatic heterocycles. The second-order valence-corrected chi connectivity index (χ2v) is 10.0. The summed E-state index contributed by atoms with van der Waals surface area (Å²) in [4.78, 5) is 10.7. The summed E-state index contributed by atoms with van der Waals surface area (Å²) in [6.45, 7) is 34.6. The van der Waals surface area contributed by atoms with Gasteiger partial charge in [0.05, 0.1) is 0 Å². The van der Waals surface area contributed by atoms with Crippen molar-refractivity contribution in [3.8, 4) is 0 Å². The molecule has 0 amide bonds. The van der Waals surface area contributed by atoms with E-state index in [0.717, 1.165) is 53.3 Å². The molecule has 2 heteroatoms. The van der Waals surface area contributed by atoms with E-state index in [1.54, 1.807) is 6.92 Å². The molecule has 226 valence electrons. The number of ketones is 1. The van der Waals surface area contributed by atoms with E-state index in [2.05, 4.69) is 66.8 Å². The van der Waals surface area contributed by atoms with Crippen molar-refractivity contribution >= 4 is 23.0 Å². The third-order valence-electron chi connectivity index (χ3n) is 6.14. The quantitative estimate of drug-likeness (QED) is 0.183. The number of rotatable bonds is 12. The molecule has 1 aromatic rings. The van der Waals surface area contributed by atoms with Gasteiger partial charge in [-0.2, -0.15) is 0 Å². The number of carbonyl (C=O) groups excluding carboxylic acids is 1. The van der Waals surface area contributed by atoms with Crippen molar-refractivity contribution in [1.82, 2.24) is 0 Å². The third-order valence-corrected chi connectivity index (χ3v) is 6.56. The Bertz CT molecular complexity index is 820. The number of aryl methyl sites for hydroxylation is 1. The van der Waals surface area contributed by atoms with E-state index in [1.165, 1.54) is 42.4 Å². The standard InChI is InChI=1S/C15H19Cl.C10H16O.C8H18.2C2H6/c1-5-11(2)6-7-12(3)14-8-9-15(16)13(4)10-14;1-5-8(2)6-7-9(3)10(4)11;1-4-6-8(3)7-5-2;2*1-2/h6,8-10H,3,5,7H2,1-2,4H3;7H,2,5-6H2,1,3-4H3;8H,4-7H2,1-3H3;2*1-2H3/b11-6+;9-7+;;;. The molecule has 0 unspecified atom stereocenters. The zero-order chi connectivity index (χ0) is 31.4. The van der Waals surface area contributed by atoms with Gasteiger partial charge in [0.1, 0.15) is 0 Å². The van der Waals surface area contributed by atoms with E-state index in [4.69, 9.17) is 11.6 Å². The monoisotopic (exact) mass is 560 g/mol. The molecule has 0 aliphatic heterocycles. The second-order valence-electron chi connectivity index (χ2n) is 9.61. The summed E-state index contributed by atoms with van der Waals surface area (Å²) in [5.41, 5.74) is 6.85. The fraction of sp³-hybridized carbons (Fsp3) is 0.595. The molecule has 1 aromatic carbocycles. The summed E-state index contributed by atoms with van der Waals surface area (Å²) in [7, 11) is 0. The molecule has 0 saturated heterocycles. The van der Waals surface area contributed by atoms with Crippen LogP contribution < -0.4 is 0 Å². The van der Waals surface area contributed by atoms with E-state index in [9.17, 15) is 4.79 Å². The lowest BCUT2D eigenvalue weighted by atomic mass is 10.0. The Kier molecular flexibility index (Phi) is 34.7. The minimum Gasteiger partial charge on any atom is -0.295 e. The Morgan fingerprint density at radius 1 is 0.872 bits per heavy atom. The van der Waals surface area contributed by atoms with Gasteiger partial charge in [-0.1, -0.05) is 148 Å². The first-order valence-corrected chi connectivity index (χ1v) is 15.7. The van der Waals surface area contributed by atoms with Crippen LogP contribution in [0, 0.1) is 12.8 Å². The molecule has 0 saturated carbocycles. The maximum atomic E-state index is 10.7. The van der Waals surface area contributed by atoms with Gasteiger partial charge < -0.3 is 0 Å². The molecular formula is C37H65ClO. The van der Waals surface area contributed by atoms with Gasteiger partial charge in [-0.25, -0.2) is 0 Å². The summed E-state index contributed by atoms with van der Waals surface area (Å²) in [6.07, 6.45) is 13.5. The highest BCUT2D eigenvalue weighted by Gasteiger charge is 2.01. The molecule has 0 bridgehead atoms. The van der Waals surface area contributed by atoms with Crippen LogP contribution in [0.25, 0.3) is 5.57 Å². The molecule has 1 nitrogen and oxygen atoms in total. The fourth-order valence-corrected chi connectivity index (χ4v) is 3.26. The summed E-state index contributed by atoms with van der Waals surface area (Å²) < 4.78 is 0. The zero-order valence-corrected chi connectivity index (χ0v) is 29.1. The molecule has 0 spiro atoms. The molecular weight excluding hydrogens is 496 g/mol. The number of hydrogen-bond donors (Lipinski definition) is 0. The van der Waals surface area contributed by atoms with Crippen LogP contribution in [0.2, 0.25) is 5.02 Å². The van der Waals surface area contributed by atoms with E-state index in [1.807, 2.05) is 59.8 Å². The summed E-state index contributed by atoms with van der Waals surface area (Å²) in [6, 6.07) is 6.07. The predicted molar refractivity (Wildman–Crippen MR) is 184 cm³/mol. The van der Waals surface area contributed by atoms with E-state index in [0.29, 0.717) is 0 Å². The van der Waals surface area contributed by atoms with Gasteiger partial charge in [0.15, 0.2) is 5.78 Å². The van der Waals surface area contributed by atoms with Crippen LogP contribution in [0.3, 0.4) is 0 Å². The van der Waals surface area contributed by atoms with Gasteiger partial charge in [-0.05, 0) is 87.6 Å². The van der Waals surface area contributed by atoms with Gasteiger partial charge in [0.25, 0.3) is 0 Å².